The van der Waals surface area contributed by atoms with E-state index in [1.54, 1.807) is 48.5 Å². The highest BCUT2D eigenvalue weighted by molar-refractivity contribution is 6.01. The van der Waals surface area contributed by atoms with E-state index in [1.165, 1.54) is 4.90 Å². The molecule has 0 bridgehead atoms. The molecule has 2 fully saturated rings. The molecule has 4 rings (SSSR count). The van der Waals surface area contributed by atoms with Crippen molar-refractivity contribution < 1.29 is 23.9 Å². The first-order chi connectivity index (χ1) is 15.0. The van der Waals surface area contributed by atoms with Gasteiger partial charge in [0, 0.05) is 36.2 Å². The number of rotatable bonds is 8. The highest BCUT2D eigenvalue weighted by atomic mass is 16.5. The molecule has 1 aliphatic heterocycles. The van der Waals surface area contributed by atoms with Crippen molar-refractivity contribution in [1.82, 2.24) is 4.90 Å². The molecule has 160 valence electrons. The quantitative estimate of drug-likeness (QED) is 0.638. The number of nitrogens with zero attached hydrogens (tertiary/aromatic N) is 1. The topological polar surface area (TPSA) is 105 Å². The van der Waals surface area contributed by atoms with Crippen LogP contribution in [0.1, 0.15) is 31.2 Å². The molecule has 1 aliphatic carbocycles. The molecular weight excluding hydrogens is 398 g/mol. The first kappa shape index (κ1) is 20.6. The van der Waals surface area contributed by atoms with Gasteiger partial charge in [0.05, 0.1) is 6.54 Å². The summed E-state index contributed by atoms with van der Waals surface area (Å²) in [5.41, 5.74) is 2.03. The Morgan fingerprint density at radius 3 is 2.32 bits per heavy atom. The molecule has 1 saturated heterocycles. The number of hydrogen-bond donors (Lipinski definition) is 2. The number of likely N-dealkylation sites (tertiary alicyclic amines) is 1. The minimum atomic E-state index is -0.329. The summed E-state index contributed by atoms with van der Waals surface area (Å²) in [6.07, 6.45) is 2.39. The maximum absolute atomic E-state index is 12.2. The Bertz CT molecular complexity index is 998. The molecular formula is C23H23N3O5. The Morgan fingerprint density at radius 2 is 1.65 bits per heavy atom. The second-order valence-corrected chi connectivity index (χ2v) is 7.70. The second kappa shape index (κ2) is 8.99. The van der Waals surface area contributed by atoms with Crippen molar-refractivity contribution in [3.05, 3.63) is 54.1 Å². The third-order valence-corrected chi connectivity index (χ3v) is 5.15. The predicted octanol–water partition coefficient (Wildman–Crippen LogP) is 2.70. The smallest absolute Gasteiger partial charge is 0.262 e. The average molecular weight is 421 g/mol. The van der Waals surface area contributed by atoms with Crippen molar-refractivity contribution in [1.29, 1.82) is 0 Å². The number of imide groups is 1. The van der Waals surface area contributed by atoms with Crippen LogP contribution in [0.4, 0.5) is 11.4 Å². The van der Waals surface area contributed by atoms with Crippen molar-refractivity contribution in [2.75, 3.05) is 17.2 Å². The lowest BCUT2D eigenvalue weighted by Crippen LogP contribution is -2.28. The predicted molar refractivity (Wildman–Crippen MR) is 113 cm³/mol. The Hall–Kier alpha value is -3.68. The van der Waals surface area contributed by atoms with Crippen LogP contribution >= 0.6 is 0 Å². The minimum absolute atomic E-state index is 0.0109. The molecule has 0 radical (unpaired) electrons. The Kier molecular flexibility index (Phi) is 5.97. The average Bonchev–Trinajstić information content (AvgIpc) is 3.57. The molecule has 2 aromatic carbocycles. The molecule has 1 saturated carbocycles. The van der Waals surface area contributed by atoms with Crippen molar-refractivity contribution >= 4 is 35.0 Å². The molecule has 0 aromatic heterocycles. The zero-order chi connectivity index (χ0) is 21.8. The Labute approximate surface area is 179 Å². The van der Waals surface area contributed by atoms with E-state index in [1.807, 2.05) is 0 Å². The van der Waals surface area contributed by atoms with Crippen molar-refractivity contribution in [2.24, 2.45) is 5.92 Å². The summed E-state index contributed by atoms with van der Waals surface area (Å²) < 4.78 is 5.53. The van der Waals surface area contributed by atoms with Gasteiger partial charge < -0.3 is 15.4 Å². The first-order valence-electron chi connectivity index (χ1n) is 10.2. The van der Waals surface area contributed by atoms with Crippen LogP contribution in [-0.2, 0) is 25.7 Å². The van der Waals surface area contributed by atoms with E-state index in [2.05, 4.69) is 10.6 Å². The first-order valence-corrected chi connectivity index (χ1v) is 10.2. The second-order valence-electron chi connectivity index (χ2n) is 7.70. The van der Waals surface area contributed by atoms with E-state index in [0.717, 1.165) is 18.4 Å². The standard InChI is InChI=1S/C23H23N3O5/c27-20(14-31-19-3-1-2-18(12-19)25-23(30)16-6-7-16)24-17-8-4-15(5-9-17)13-26-21(28)10-11-22(26)29/h1-5,8-9,12,16H,6-7,10-11,13-14H2,(H,24,27)(H,25,30). The SMILES string of the molecule is O=C(COc1cccc(NC(=O)C2CC2)c1)Nc1ccc(CN2C(=O)CCC2=O)cc1. The Balaban J connectivity index is 1.25. The van der Waals surface area contributed by atoms with Gasteiger partial charge >= 0.3 is 0 Å². The summed E-state index contributed by atoms with van der Waals surface area (Å²) in [5, 5.41) is 5.58. The van der Waals surface area contributed by atoms with E-state index >= 15 is 0 Å². The summed E-state index contributed by atoms with van der Waals surface area (Å²) in [6, 6.07) is 13.9. The molecule has 1 heterocycles. The van der Waals surface area contributed by atoms with Gasteiger partial charge in [-0.05, 0) is 42.7 Å². The van der Waals surface area contributed by atoms with E-state index < -0.39 is 0 Å². The lowest BCUT2D eigenvalue weighted by Gasteiger charge is -2.14. The number of benzene rings is 2. The summed E-state index contributed by atoms with van der Waals surface area (Å²) in [6.45, 7) is 0.0567. The van der Waals surface area contributed by atoms with Crippen molar-refractivity contribution in [3.63, 3.8) is 0 Å². The monoisotopic (exact) mass is 421 g/mol. The number of hydrogen-bond acceptors (Lipinski definition) is 5. The van der Waals surface area contributed by atoms with E-state index in [-0.39, 0.29) is 55.5 Å². The van der Waals surface area contributed by atoms with Gasteiger partial charge in [0.15, 0.2) is 6.61 Å². The number of carbonyl (C=O) groups is 4. The number of amides is 4. The number of carbonyl (C=O) groups excluding carboxylic acids is 4. The van der Waals surface area contributed by atoms with E-state index in [0.29, 0.717) is 17.1 Å². The molecule has 0 atom stereocenters. The zero-order valence-electron chi connectivity index (χ0n) is 16.9. The third kappa shape index (κ3) is 5.48. The maximum Gasteiger partial charge on any atom is 0.262 e. The maximum atomic E-state index is 12.2. The number of ether oxygens (including phenoxy) is 1. The summed E-state index contributed by atoms with van der Waals surface area (Å²) in [5.74, 6) is -0.0367. The van der Waals surface area contributed by atoms with Gasteiger partial charge in [0.2, 0.25) is 17.7 Å². The molecule has 0 unspecified atom stereocenters. The van der Waals surface area contributed by atoms with Gasteiger partial charge in [0.1, 0.15) is 5.75 Å². The summed E-state index contributed by atoms with van der Waals surface area (Å²) in [4.78, 5) is 48.7. The fraction of sp³-hybridized carbons (Fsp3) is 0.304. The van der Waals surface area contributed by atoms with Gasteiger partial charge in [0.25, 0.3) is 5.91 Å². The van der Waals surface area contributed by atoms with Gasteiger partial charge in [-0.1, -0.05) is 18.2 Å². The molecule has 8 nitrogen and oxygen atoms in total. The zero-order valence-corrected chi connectivity index (χ0v) is 16.9. The van der Waals surface area contributed by atoms with E-state index in [4.69, 9.17) is 4.74 Å². The normalized spacial score (nSPS) is 15.7. The molecule has 2 N–H and O–H groups in total. The van der Waals surface area contributed by atoms with Crippen LogP contribution in [0.25, 0.3) is 0 Å². The lowest BCUT2D eigenvalue weighted by atomic mass is 10.2. The summed E-state index contributed by atoms with van der Waals surface area (Å²) >= 11 is 0. The van der Waals surface area contributed by atoms with Crippen molar-refractivity contribution in [3.8, 4) is 5.75 Å². The van der Waals surface area contributed by atoms with Crippen LogP contribution in [0.3, 0.4) is 0 Å². The molecule has 2 aliphatic rings. The van der Waals surface area contributed by atoms with Gasteiger partial charge in [-0.25, -0.2) is 0 Å². The lowest BCUT2D eigenvalue weighted by molar-refractivity contribution is -0.139. The fourth-order valence-electron chi connectivity index (χ4n) is 3.27. The van der Waals surface area contributed by atoms with Crippen LogP contribution < -0.4 is 15.4 Å². The molecule has 31 heavy (non-hydrogen) atoms. The molecule has 2 aromatic rings. The van der Waals surface area contributed by atoms with Crippen LogP contribution in [0.15, 0.2) is 48.5 Å². The number of anilines is 2. The highest BCUT2D eigenvalue weighted by Gasteiger charge is 2.30. The molecule has 4 amide bonds. The molecule has 0 spiro atoms. The van der Waals surface area contributed by atoms with Crippen molar-refractivity contribution in [2.45, 2.75) is 32.2 Å². The summed E-state index contributed by atoms with van der Waals surface area (Å²) in [7, 11) is 0. The highest BCUT2D eigenvalue weighted by Crippen LogP contribution is 2.30. The third-order valence-electron chi connectivity index (χ3n) is 5.15. The Morgan fingerprint density at radius 1 is 0.935 bits per heavy atom. The number of nitrogens with one attached hydrogen (secondary N) is 2. The van der Waals surface area contributed by atoms with Crippen LogP contribution in [0.2, 0.25) is 0 Å². The van der Waals surface area contributed by atoms with Gasteiger partial charge in [-0.3, -0.25) is 24.1 Å². The van der Waals surface area contributed by atoms with E-state index in [9.17, 15) is 19.2 Å². The largest absolute Gasteiger partial charge is 0.484 e. The van der Waals surface area contributed by atoms with Crippen LogP contribution in [0, 0.1) is 5.92 Å². The van der Waals surface area contributed by atoms with Crippen LogP contribution in [0.5, 0.6) is 5.75 Å². The van der Waals surface area contributed by atoms with Crippen LogP contribution in [-0.4, -0.2) is 35.1 Å². The van der Waals surface area contributed by atoms with Gasteiger partial charge in [-0.2, -0.15) is 0 Å². The van der Waals surface area contributed by atoms with Gasteiger partial charge in [-0.15, -0.1) is 0 Å². The minimum Gasteiger partial charge on any atom is -0.484 e. The molecule has 8 heteroatoms. The fourth-order valence-corrected chi connectivity index (χ4v) is 3.27.